The van der Waals surface area contributed by atoms with Crippen molar-refractivity contribution < 1.29 is 4.74 Å². The first-order valence-electron chi connectivity index (χ1n) is 7.32. The van der Waals surface area contributed by atoms with Gasteiger partial charge in [0, 0.05) is 24.7 Å². The Kier molecular flexibility index (Phi) is 3.66. The highest BCUT2D eigenvalue weighted by Gasteiger charge is 2.20. The molecule has 4 heteroatoms. The molecule has 0 unspecified atom stereocenters. The van der Waals surface area contributed by atoms with Gasteiger partial charge < -0.3 is 9.64 Å². The van der Waals surface area contributed by atoms with Crippen molar-refractivity contribution in [2.24, 2.45) is 5.92 Å². The molecule has 1 aliphatic rings. The van der Waals surface area contributed by atoms with E-state index in [0.29, 0.717) is 17.4 Å². The molecule has 0 aliphatic carbocycles. The van der Waals surface area contributed by atoms with E-state index in [2.05, 4.69) is 21.7 Å². The van der Waals surface area contributed by atoms with Gasteiger partial charge >= 0.3 is 0 Å². The van der Waals surface area contributed by atoms with Gasteiger partial charge in [0.1, 0.15) is 11.6 Å². The van der Waals surface area contributed by atoms with Crippen molar-refractivity contribution in [2.75, 3.05) is 25.1 Å². The highest BCUT2D eigenvalue weighted by atomic mass is 16.5. The lowest BCUT2D eigenvalue weighted by molar-refractivity contribution is 0.418. The number of aromatic nitrogens is 1. The van der Waals surface area contributed by atoms with E-state index in [1.54, 1.807) is 7.11 Å². The fraction of sp³-hybridized carbons (Fsp3) is 0.412. The first-order valence-corrected chi connectivity index (χ1v) is 7.32. The summed E-state index contributed by atoms with van der Waals surface area (Å²) in [6.45, 7) is 11.6. The fourth-order valence-electron chi connectivity index (χ4n) is 3.06. The SMILES string of the molecule is [C-]#[N+]c1cc2ccnc(N3CCC[C@H](C)C3)c2cc1OC. The summed E-state index contributed by atoms with van der Waals surface area (Å²) < 4.78 is 5.35. The molecule has 3 rings (SSSR count). The average molecular weight is 281 g/mol. The zero-order valence-corrected chi connectivity index (χ0v) is 12.5. The molecule has 0 radical (unpaired) electrons. The Morgan fingerprint density at radius 2 is 2.29 bits per heavy atom. The van der Waals surface area contributed by atoms with Crippen LogP contribution in [0.2, 0.25) is 0 Å². The molecule has 0 N–H and O–H groups in total. The Balaban J connectivity index is 2.13. The smallest absolute Gasteiger partial charge is 0.228 e. The number of hydrogen-bond donors (Lipinski definition) is 0. The number of rotatable bonds is 2. The largest absolute Gasteiger partial charge is 0.508 e. The molecule has 1 atom stereocenters. The van der Waals surface area contributed by atoms with Gasteiger partial charge in [-0.1, -0.05) is 6.92 Å². The number of pyridine rings is 1. The Bertz CT molecular complexity index is 705. The highest BCUT2D eigenvalue weighted by molar-refractivity contribution is 5.96. The topological polar surface area (TPSA) is 29.7 Å². The van der Waals surface area contributed by atoms with Crippen LogP contribution in [0.15, 0.2) is 24.4 Å². The Hall–Kier alpha value is -2.28. The van der Waals surface area contributed by atoms with Crippen molar-refractivity contribution in [3.8, 4) is 5.75 Å². The lowest BCUT2D eigenvalue weighted by atomic mass is 9.99. The molecule has 1 fully saturated rings. The summed E-state index contributed by atoms with van der Waals surface area (Å²) in [6.07, 6.45) is 4.32. The summed E-state index contributed by atoms with van der Waals surface area (Å²) in [6, 6.07) is 5.80. The first kappa shape index (κ1) is 13.7. The van der Waals surface area contributed by atoms with E-state index in [4.69, 9.17) is 11.3 Å². The molecular weight excluding hydrogens is 262 g/mol. The van der Waals surface area contributed by atoms with Crippen molar-refractivity contribution in [3.63, 3.8) is 0 Å². The zero-order valence-electron chi connectivity index (χ0n) is 12.5. The molecule has 2 aromatic rings. The number of ether oxygens (including phenoxy) is 1. The van der Waals surface area contributed by atoms with E-state index in [0.717, 1.165) is 29.7 Å². The number of benzene rings is 1. The minimum Gasteiger partial charge on any atom is -0.508 e. The summed E-state index contributed by atoms with van der Waals surface area (Å²) in [5.74, 6) is 2.32. The minimum absolute atomic E-state index is 0.550. The van der Waals surface area contributed by atoms with E-state index >= 15 is 0 Å². The van der Waals surface area contributed by atoms with E-state index < -0.39 is 0 Å². The van der Waals surface area contributed by atoms with Crippen molar-refractivity contribution in [2.45, 2.75) is 19.8 Å². The second kappa shape index (κ2) is 5.61. The normalized spacial score (nSPS) is 18.5. The Labute approximate surface area is 125 Å². The molecule has 4 nitrogen and oxygen atoms in total. The van der Waals surface area contributed by atoms with Gasteiger partial charge in [-0.25, -0.2) is 9.83 Å². The third kappa shape index (κ3) is 2.52. The van der Waals surface area contributed by atoms with Crippen LogP contribution in [-0.4, -0.2) is 25.2 Å². The molecule has 108 valence electrons. The third-order valence-corrected chi connectivity index (χ3v) is 4.12. The predicted molar refractivity (Wildman–Crippen MR) is 85.2 cm³/mol. The maximum Gasteiger partial charge on any atom is 0.228 e. The van der Waals surface area contributed by atoms with Crippen LogP contribution in [0.4, 0.5) is 11.5 Å². The summed E-state index contributed by atoms with van der Waals surface area (Å²) >= 11 is 0. The molecule has 1 aromatic heterocycles. The average Bonchev–Trinajstić information content (AvgIpc) is 2.52. The number of hydrogen-bond acceptors (Lipinski definition) is 3. The van der Waals surface area contributed by atoms with Crippen LogP contribution in [0.3, 0.4) is 0 Å². The molecule has 0 saturated carbocycles. The molecule has 1 aliphatic heterocycles. The minimum atomic E-state index is 0.550. The molecule has 0 amide bonds. The molecule has 2 heterocycles. The van der Waals surface area contributed by atoms with Crippen molar-refractivity contribution in [3.05, 3.63) is 35.8 Å². The number of anilines is 1. The molecule has 0 bridgehead atoms. The standard InChI is InChI=1S/C17H19N3O/c1-12-5-4-8-20(11-12)17-14-10-16(21-3)15(18-2)9-13(14)6-7-19-17/h6-7,9-10,12H,4-5,8,11H2,1,3H3/t12-/m0/s1. The van der Waals surface area contributed by atoms with Crippen molar-refractivity contribution in [1.29, 1.82) is 0 Å². The van der Waals surface area contributed by atoms with Crippen molar-refractivity contribution in [1.82, 2.24) is 4.98 Å². The van der Waals surface area contributed by atoms with E-state index in [1.807, 2.05) is 24.4 Å². The van der Waals surface area contributed by atoms with Crippen molar-refractivity contribution >= 4 is 22.3 Å². The van der Waals surface area contributed by atoms with Gasteiger partial charge in [0.15, 0.2) is 0 Å². The Morgan fingerprint density at radius 3 is 3.00 bits per heavy atom. The highest BCUT2D eigenvalue weighted by Crippen LogP contribution is 2.36. The van der Waals surface area contributed by atoms with Gasteiger partial charge in [0.25, 0.3) is 0 Å². The molecule has 1 aromatic carbocycles. The van der Waals surface area contributed by atoms with Gasteiger partial charge in [-0.05, 0) is 42.3 Å². The lowest BCUT2D eigenvalue weighted by Gasteiger charge is -2.32. The fourth-order valence-corrected chi connectivity index (χ4v) is 3.06. The summed E-state index contributed by atoms with van der Waals surface area (Å²) in [4.78, 5) is 10.5. The monoisotopic (exact) mass is 281 g/mol. The molecule has 0 spiro atoms. The van der Waals surface area contributed by atoms with Crippen LogP contribution in [0.25, 0.3) is 15.6 Å². The van der Waals surface area contributed by atoms with Gasteiger partial charge in [0.2, 0.25) is 5.69 Å². The third-order valence-electron chi connectivity index (χ3n) is 4.12. The number of piperidine rings is 1. The van der Waals surface area contributed by atoms with Crippen LogP contribution in [0.5, 0.6) is 5.75 Å². The van der Waals surface area contributed by atoms with Crippen LogP contribution in [-0.2, 0) is 0 Å². The maximum atomic E-state index is 7.26. The predicted octanol–water partition coefficient (Wildman–Crippen LogP) is 4.03. The molecular formula is C17H19N3O. The molecule has 1 saturated heterocycles. The zero-order chi connectivity index (χ0) is 14.8. The van der Waals surface area contributed by atoms with Gasteiger partial charge in [-0.2, -0.15) is 0 Å². The second-order valence-corrected chi connectivity index (χ2v) is 5.68. The maximum absolute atomic E-state index is 7.26. The van der Waals surface area contributed by atoms with Crippen LogP contribution >= 0.6 is 0 Å². The van der Waals surface area contributed by atoms with Crippen LogP contribution in [0.1, 0.15) is 19.8 Å². The van der Waals surface area contributed by atoms with Gasteiger partial charge in [-0.15, -0.1) is 0 Å². The molecule has 21 heavy (non-hydrogen) atoms. The number of fused-ring (bicyclic) bond motifs is 1. The quantitative estimate of drug-likeness (QED) is 0.778. The lowest BCUT2D eigenvalue weighted by Crippen LogP contribution is -2.34. The summed E-state index contributed by atoms with van der Waals surface area (Å²) in [5, 5.41) is 2.11. The Morgan fingerprint density at radius 1 is 1.43 bits per heavy atom. The van der Waals surface area contributed by atoms with E-state index in [-0.39, 0.29) is 0 Å². The van der Waals surface area contributed by atoms with Gasteiger partial charge in [0.05, 0.1) is 13.7 Å². The summed E-state index contributed by atoms with van der Waals surface area (Å²) in [7, 11) is 1.61. The first-order chi connectivity index (χ1) is 10.2. The van der Waals surface area contributed by atoms with Crippen LogP contribution < -0.4 is 9.64 Å². The van der Waals surface area contributed by atoms with E-state index in [9.17, 15) is 0 Å². The summed E-state index contributed by atoms with van der Waals surface area (Å²) in [5.41, 5.74) is 0.550. The number of methoxy groups -OCH3 is 1. The number of nitrogens with zero attached hydrogens (tertiary/aromatic N) is 3. The van der Waals surface area contributed by atoms with E-state index in [1.165, 1.54) is 12.8 Å². The second-order valence-electron chi connectivity index (χ2n) is 5.68. The van der Waals surface area contributed by atoms with Gasteiger partial charge in [-0.3, -0.25) is 0 Å². The van der Waals surface area contributed by atoms with Crippen LogP contribution in [0, 0.1) is 12.5 Å².